The van der Waals surface area contributed by atoms with Gasteiger partial charge in [0.15, 0.2) is 0 Å². The molecule has 0 atom stereocenters. The highest BCUT2D eigenvalue weighted by Crippen LogP contribution is 2.42. The summed E-state index contributed by atoms with van der Waals surface area (Å²) in [5, 5.41) is 15.6. The fourth-order valence-corrected chi connectivity index (χ4v) is 4.51. The van der Waals surface area contributed by atoms with E-state index >= 15 is 0 Å². The molecule has 2 N–H and O–H groups in total. The molecule has 6 heteroatoms. The topological polar surface area (TPSA) is 62.2 Å². The number of carbonyl (C=O) groups excluding carboxylic acids is 1. The quantitative estimate of drug-likeness (QED) is 0.378. The van der Waals surface area contributed by atoms with Crippen molar-refractivity contribution < 1.29 is 9.90 Å². The first kappa shape index (κ1) is 27.9. The molecule has 3 rings (SSSR count). The molecule has 0 radical (unpaired) electrons. The lowest BCUT2D eigenvalue weighted by Gasteiger charge is -2.28. The van der Waals surface area contributed by atoms with E-state index in [0.717, 1.165) is 22.6 Å². The summed E-state index contributed by atoms with van der Waals surface area (Å²) in [6.07, 6.45) is 1.72. The summed E-state index contributed by atoms with van der Waals surface area (Å²) in [6.45, 7) is 15.4. The number of thioether (sulfide) groups is 1. The normalized spacial score (nSPS) is 11.5. The predicted octanol–water partition coefficient (Wildman–Crippen LogP) is 7.17. The predicted molar refractivity (Wildman–Crippen MR) is 148 cm³/mol. The highest BCUT2D eigenvalue weighted by atomic mass is 32.2. The zero-order valence-electron chi connectivity index (χ0n) is 21.4. The molecule has 2 heterocycles. The number of aromatic nitrogens is 1. The first-order valence-corrected chi connectivity index (χ1v) is 13.6. The van der Waals surface area contributed by atoms with Gasteiger partial charge in [0.05, 0.1) is 18.0 Å². The molecule has 0 spiro atoms. The van der Waals surface area contributed by atoms with Crippen molar-refractivity contribution in [1.82, 2.24) is 10.3 Å². The Morgan fingerprint density at radius 1 is 1.03 bits per heavy atom. The lowest BCUT2D eigenvalue weighted by molar-refractivity contribution is -0.118. The van der Waals surface area contributed by atoms with Crippen molar-refractivity contribution in [1.29, 1.82) is 0 Å². The number of carbonyl (C=O) groups is 1. The maximum absolute atomic E-state index is 11.2. The molecule has 0 bridgehead atoms. The average molecular weight is 499 g/mol. The average Bonchev–Trinajstić information content (AvgIpc) is 3.31. The van der Waals surface area contributed by atoms with Gasteiger partial charge >= 0.3 is 0 Å². The fraction of sp³-hybridized carbons (Fsp3) is 0.429. The molecular weight excluding hydrogens is 460 g/mol. The number of aromatic hydroxyl groups is 1. The summed E-state index contributed by atoms with van der Waals surface area (Å²) in [6, 6.07) is 14.1. The Balaban J connectivity index is 0.000000257. The van der Waals surface area contributed by atoms with Gasteiger partial charge in [-0.2, -0.15) is 11.8 Å². The third-order valence-corrected chi connectivity index (χ3v) is 6.96. The summed E-state index contributed by atoms with van der Waals surface area (Å²) in [5.41, 5.74) is 3.99. The van der Waals surface area contributed by atoms with Crippen molar-refractivity contribution in [3.8, 4) is 16.2 Å². The van der Waals surface area contributed by atoms with Gasteiger partial charge in [-0.1, -0.05) is 60.6 Å². The molecule has 0 aliphatic carbocycles. The third kappa shape index (κ3) is 8.48. The van der Waals surface area contributed by atoms with Crippen LogP contribution in [0.5, 0.6) is 5.75 Å². The highest BCUT2D eigenvalue weighted by Gasteiger charge is 2.26. The molecular formula is C28H38N2O2S2. The number of phenolic OH excluding ortho intramolecular Hbond substituents is 1. The van der Waals surface area contributed by atoms with Crippen LogP contribution in [0.15, 0.2) is 54.0 Å². The summed E-state index contributed by atoms with van der Waals surface area (Å²) in [5.74, 6) is 2.02. The van der Waals surface area contributed by atoms with Gasteiger partial charge in [0.25, 0.3) is 0 Å². The number of nitrogens with zero attached hydrogens (tertiary/aromatic N) is 1. The maximum Gasteiger partial charge on any atom is 0.230 e. The van der Waals surface area contributed by atoms with Crippen LogP contribution in [-0.4, -0.2) is 27.5 Å². The van der Waals surface area contributed by atoms with Crippen LogP contribution in [0.2, 0.25) is 0 Å². The Morgan fingerprint density at radius 2 is 1.68 bits per heavy atom. The van der Waals surface area contributed by atoms with Gasteiger partial charge in [-0.05, 0) is 57.9 Å². The van der Waals surface area contributed by atoms with E-state index in [1.54, 1.807) is 29.3 Å². The van der Waals surface area contributed by atoms with Gasteiger partial charge in [0.2, 0.25) is 5.91 Å². The van der Waals surface area contributed by atoms with Crippen LogP contribution >= 0.6 is 23.1 Å². The number of phenols is 1. The molecule has 0 saturated heterocycles. The van der Waals surface area contributed by atoms with E-state index in [1.807, 2.05) is 25.1 Å². The van der Waals surface area contributed by atoms with Crippen LogP contribution < -0.4 is 5.32 Å². The molecule has 0 fully saturated rings. The van der Waals surface area contributed by atoms with Crippen LogP contribution in [0, 0.1) is 0 Å². The molecule has 1 amide bonds. The minimum absolute atomic E-state index is 0.0718. The minimum atomic E-state index is -0.0721. The van der Waals surface area contributed by atoms with Crippen LogP contribution in [0.25, 0.3) is 10.4 Å². The minimum Gasteiger partial charge on any atom is -0.507 e. The van der Waals surface area contributed by atoms with E-state index in [9.17, 15) is 9.90 Å². The molecule has 0 saturated carbocycles. The smallest absolute Gasteiger partial charge is 0.230 e. The third-order valence-electron chi connectivity index (χ3n) is 5.16. The maximum atomic E-state index is 11.2. The second-order valence-electron chi connectivity index (χ2n) is 10.1. The number of pyridine rings is 1. The van der Waals surface area contributed by atoms with Crippen molar-refractivity contribution in [2.45, 2.75) is 65.8 Å². The first-order valence-electron chi connectivity index (χ1n) is 11.6. The van der Waals surface area contributed by atoms with E-state index in [0.29, 0.717) is 18.0 Å². The van der Waals surface area contributed by atoms with E-state index < -0.39 is 0 Å². The SMILES string of the molecule is CC(C)(C)c1cc(-c2cccs2)cc(C(C)(C)C)c1O.CCSCC(=O)NCc1ccccn1. The molecule has 0 aliphatic heterocycles. The molecule has 0 aliphatic rings. The second-order valence-corrected chi connectivity index (χ2v) is 12.4. The number of rotatable bonds is 6. The number of hydrogen-bond acceptors (Lipinski definition) is 5. The molecule has 1 aromatic carbocycles. The number of hydrogen-bond donors (Lipinski definition) is 2. The van der Waals surface area contributed by atoms with E-state index in [-0.39, 0.29) is 16.7 Å². The molecule has 4 nitrogen and oxygen atoms in total. The van der Waals surface area contributed by atoms with Crippen LogP contribution in [0.1, 0.15) is 65.3 Å². The fourth-order valence-electron chi connectivity index (χ4n) is 3.30. The summed E-state index contributed by atoms with van der Waals surface area (Å²) >= 11 is 3.36. The number of nitrogens with one attached hydrogen (secondary N) is 1. The molecule has 34 heavy (non-hydrogen) atoms. The van der Waals surface area contributed by atoms with Gasteiger partial charge in [-0.15, -0.1) is 11.3 Å². The zero-order valence-corrected chi connectivity index (χ0v) is 23.1. The number of benzene rings is 1. The van der Waals surface area contributed by atoms with E-state index in [1.165, 1.54) is 10.4 Å². The van der Waals surface area contributed by atoms with Crippen molar-refractivity contribution in [3.63, 3.8) is 0 Å². The Hall–Kier alpha value is -2.31. The highest BCUT2D eigenvalue weighted by molar-refractivity contribution is 7.99. The van der Waals surface area contributed by atoms with Gasteiger partial charge in [0.1, 0.15) is 5.75 Å². The van der Waals surface area contributed by atoms with Gasteiger partial charge in [-0.25, -0.2) is 0 Å². The lowest BCUT2D eigenvalue weighted by atomic mass is 9.78. The summed E-state index contributed by atoms with van der Waals surface area (Å²) in [7, 11) is 0. The van der Waals surface area contributed by atoms with Gasteiger partial charge in [0, 0.05) is 22.2 Å². The van der Waals surface area contributed by atoms with E-state index in [2.05, 4.69) is 81.5 Å². The largest absolute Gasteiger partial charge is 0.507 e. The molecule has 0 unspecified atom stereocenters. The Kier molecular flexibility index (Phi) is 10.2. The van der Waals surface area contributed by atoms with Crippen molar-refractivity contribution in [3.05, 3.63) is 70.9 Å². The Bertz CT molecular complexity index is 1000. The summed E-state index contributed by atoms with van der Waals surface area (Å²) < 4.78 is 0. The Morgan fingerprint density at radius 3 is 2.15 bits per heavy atom. The number of thiophene rings is 1. The molecule has 184 valence electrons. The molecule has 3 aromatic rings. The monoisotopic (exact) mass is 498 g/mol. The van der Waals surface area contributed by atoms with Crippen LogP contribution in [-0.2, 0) is 22.2 Å². The number of amides is 1. The van der Waals surface area contributed by atoms with Crippen molar-refractivity contribution in [2.24, 2.45) is 0 Å². The van der Waals surface area contributed by atoms with Crippen LogP contribution in [0.4, 0.5) is 0 Å². The zero-order chi connectivity index (χ0) is 25.4. The summed E-state index contributed by atoms with van der Waals surface area (Å²) in [4.78, 5) is 16.6. The van der Waals surface area contributed by atoms with E-state index in [4.69, 9.17) is 0 Å². The second kappa shape index (κ2) is 12.4. The van der Waals surface area contributed by atoms with Crippen molar-refractivity contribution in [2.75, 3.05) is 11.5 Å². The van der Waals surface area contributed by atoms with Gasteiger partial charge in [-0.3, -0.25) is 9.78 Å². The van der Waals surface area contributed by atoms with Gasteiger partial charge < -0.3 is 10.4 Å². The van der Waals surface area contributed by atoms with Crippen LogP contribution in [0.3, 0.4) is 0 Å². The van der Waals surface area contributed by atoms with Crippen molar-refractivity contribution >= 4 is 29.0 Å². The first-order chi connectivity index (χ1) is 15.9. The standard InChI is InChI=1S/C18H24OS.C10H14N2OS/c1-17(2,3)13-10-12(15-8-7-9-20-15)11-14(16(13)19)18(4,5)6;1-2-14-8-10(13)12-7-9-5-3-4-6-11-9/h7-11,19H,1-6H3;3-6H,2,7-8H2,1H3,(H,12,13). The molecule has 2 aromatic heterocycles. The lowest BCUT2D eigenvalue weighted by Crippen LogP contribution is -2.25. The Labute approximate surface area is 213 Å².